The first-order valence-electron chi connectivity index (χ1n) is 4.09. The molecule has 1 nitrogen and oxygen atoms in total. The lowest BCUT2D eigenvalue weighted by atomic mass is 9.96. The summed E-state index contributed by atoms with van der Waals surface area (Å²) in [5, 5.41) is 2.56. The minimum absolute atomic E-state index is 0.0156. The highest BCUT2D eigenvalue weighted by Crippen LogP contribution is 2.30. The summed E-state index contributed by atoms with van der Waals surface area (Å²) in [4.78, 5) is 0. The molecule has 0 saturated heterocycles. The monoisotopic (exact) mass is 183 g/mol. The van der Waals surface area contributed by atoms with Crippen LogP contribution in [0.25, 0.3) is 0 Å². The molecule has 0 spiro atoms. The van der Waals surface area contributed by atoms with E-state index in [1.807, 2.05) is 0 Å². The molecule has 0 fully saturated rings. The molecule has 0 aliphatic heterocycles. The van der Waals surface area contributed by atoms with E-state index in [1.54, 1.807) is 20.9 Å². The largest absolute Gasteiger partial charge is 0.393 e. The SMILES string of the molecule is CNCC(CC(C)C)C(F)(F)F. The molecule has 0 aromatic heterocycles. The maximum Gasteiger partial charge on any atom is 0.393 e. The summed E-state index contributed by atoms with van der Waals surface area (Å²) in [7, 11) is 1.54. The van der Waals surface area contributed by atoms with E-state index in [-0.39, 0.29) is 18.9 Å². The lowest BCUT2D eigenvalue weighted by Crippen LogP contribution is -2.32. The lowest BCUT2D eigenvalue weighted by molar-refractivity contribution is -0.176. The fourth-order valence-electron chi connectivity index (χ4n) is 1.15. The first kappa shape index (κ1) is 11.8. The molecule has 0 amide bonds. The molecule has 0 heterocycles. The van der Waals surface area contributed by atoms with E-state index in [9.17, 15) is 13.2 Å². The molecular weight excluding hydrogens is 167 g/mol. The van der Waals surface area contributed by atoms with Crippen molar-refractivity contribution in [2.45, 2.75) is 26.4 Å². The predicted molar refractivity (Wildman–Crippen MR) is 42.9 cm³/mol. The van der Waals surface area contributed by atoms with E-state index in [1.165, 1.54) is 0 Å². The lowest BCUT2D eigenvalue weighted by Gasteiger charge is -2.21. The highest BCUT2D eigenvalue weighted by Gasteiger charge is 2.38. The first-order chi connectivity index (χ1) is 5.38. The van der Waals surface area contributed by atoms with Crippen LogP contribution in [0.5, 0.6) is 0 Å². The average molecular weight is 183 g/mol. The van der Waals surface area contributed by atoms with Gasteiger partial charge in [0.15, 0.2) is 0 Å². The van der Waals surface area contributed by atoms with Crippen LogP contribution in [0.4, 0.5) is 13.2 Å². The van der Waals surface area contributed by atoms with Gasteiger partial charge in [0.25, 0.3) is 0 Å². The van der Waals surface area contributed by atoms with E-state index >= 15 is 0 Å². The summed E-state index contributed by atoms with van der Waals surface area (Å²) >= 11 is 0. The standard InChI is InChI=1S/C8H16F3N/c1-6(2)4-7(5-12-3)8(9,10)11/h6-7,12H,4-5H2,1-3H3. The second-order valence-corrected chi connectivity index (χ2v) is 3.43. The number of halogens is 3. The van der Waals surface area contributed by atoms with Crippen molar-refractivity contribution in [2.75, 3.05) is 13.6 Å². The third-order valence-corrected chi connectivity index (χ3v) is 1.67. The molecule has 0 aromatic carbocycles. The van der Waals surface area contributed by atoms with Gasteiger partial charge in [0, 0.05) is 6.54 Å². The molecule has 74 valence electrons. The van der Waals surface area contributed by atoms with Crippen LogP contribution in [0.2, 0.25) is 0 Å². The summed E-state index contributed by atoms with van der Waals surface area (Å²) in [5.74, 6) is -1.12. The van der Waals surface area contributed by atoms with Crippen molar-refractivity contribution in [3.8, 4) is 0 Å². The molecule has 4 heteroatoms. The Hall–Kier alpha value is -0.250. The molecule has 1 N–H and O–H groups in total. The van der Waals surface area contributed by atoms with Crippen LogP contribution in [-0.2, 0) is 0 Å². The Kier molecular flexibility index (Phi) is 4.60. The van der Waals surface area contributed by atoms with Gasteiger partial charge in [-0.2, -0.15) is 13.2 Å². The summed E-state index contributed by atoms with van der Waals surface area (Å²) in [5.41, 5.74) is 0. The smallest absolute Gasteiger partial charge is 0.319 e. The van der Waals surface area contributed by atoms with Gasteiger partial charge in [-0.05, 0) is 19.4 Å². The van der Waals surface area contributed by atoms with Crippen LogP contribution < -0.4 is 5.32 Å². The minimum atomic E-state index is -4.06. The van der Waals surface area contributed by atoms with Gasteiger partial charge in [-0.25, -0.2) is 0 Å². The van der Waals surface area contributed by atoms with E-state index < -0.39 is 12.1 Å². The summed E-state index contributed by atoms with van der Waals surface area (Å²) in [6.07, 6.45) is -3.86. The van der Waals surface area contributed by atoms with Crippen LogP contribution >= 0.6 is 0 Å². The third kappa shape index (κ3) is 4.59. The zero-order valence-electron chi connectivity index (χ0n) is 7.70. The number of rotatable bonds is 4. The van der Waals surface area contributed by atoms with Gasteiger partial charge in [-0.3, -0.25) is 0 Å². The van der Waals surface area contributed by atoms with Crippen molar-refractivity contribution in [1.29, 1.82) is 0 Å². The van der Waals surface area contributed by atoms with Gasteiger partial charge in [-0.15, -0.1) is 0 Å². The van der Waals surface area contributed by atoms with Gasteiger partial charge < -0.3 is 5.32 Å². The maximum atomic E-state index is 12.2. The topological polar surface area (TPSA) is 12.0 Å². The molecule has 0 bridgehead atoms. The predicted octanol–water partition coefficient (Wildman–Crippen LogP) is 2.43. The van der Waals surface area contributed by atoms with Gasteiger partial charge in [0.2, 0.25) is 0 Å². The second-order valence-electron chi connectivity index (χ2n) is 3.43. The molecule has 0 aliphatic rings. The molecule has 1 atom stereocenters. The molecule has 0 saturated carbocycles. The van der Waals surface area contributed by atoms with Crippen LogP contribution in [0.15, 0.2) is 0 Å². The zero-order valence-corrected chi connectivity index (χ0v) is 7.70. The number of hydrogen-bond donors (Lipinski definition) is 1. The van der Waals surface area contributed by atoms with Gasteiger partial charge in [-0.1, -0.05) is 13.8 Å². The van der Waals surface area contributed by atoms with Crippen LogP contribution in [0.1, 0.15) is 20.3 Å². The molecule has 1 unspecified atom stereocenters. The van der Waals surface area contributed by atoms with Crippen molar-refractivity contribution in [3.63, 3.8) is 0 Å². The minimum Gasteiger partial charge on any atom is -0.319 e. The fourth-order valence-corrected chi connectivity index (χ4v) is 1.15. The number of hydrogen-bond acceptors (Lipinski definition) is 1. The zero-order chi connectivity index (χ0) is 9.78. The first-order valence-corrected chi connectivity index (χ1v) is 4.09. The van der Waals surface area contributed by atoms with E-state index in [4.69, 9.17) is 0 Å². The maximum absolute atomic E-state index is 12.2. The van der Waals surface area contributed by atoms with Crippen molar-refractivity contribution in [1.82, 2.24) is 5.32 Å². The Labute approximate surface area is 71.3 Å². The Morgan fingerprint density at radius 1 is 1.25 bits per heavy atom. The highest BCUT2D eigenvalue weighted by molar-refractivity contribution is 4.70. The molecule has 0 radical (unpaired) electrons. The normalized spacial score (nSPS) is 15.2. The van der Waals surface area contributed by atoms with Crippen molar-refractivity contribution < 1.29 is 13.2 Å². The van der Waals surface area contributed by atoms with E-state index in [0.717, 1.165) is 0 Å². The molecular formula is C8H16F3N. The van der Waals surface area contributed by atoms with Gasteiger partial charge in [0.1, 0.15) is 0 Å². The summed E-state index contributed by atoms with van der Waals surface area (Å²) < 4.78 is 36.7. The molecule has 12 heavy (non-hydrogen) atoms. The Morgan fingerprint density at radius 3 is 2.00 bits per heavy atom. The van der Waals surface area contributed by atoms with Crippen molar-refractivity contribution in [3.05, 3.63) is 0 Å². The number of alkyl halides is 3. The molecule has 0 aromatic rings. The van der Waals surface area contributed by atoms with Gasteiger partial charge >= 0.3 is 6.18 Å². The van der Waals surface area contributed by atoms with Crippen LogP contribution in [-0.4, -0.2) is 19.8 Å². The van der Waals surface area contributed by atoms with Gasteiger partial charge in [0.05, 0.1) is 5.92 Å². The van der Waals surface area contributed by atoms with Crippen LogP contribution in [0, 0.1) is 11.8 Å². The third-order valence-electron chi connectivity index (χ3n) is 1.67. The Morgan fingerprint density at radius 2 is 1.75 bits per heavy atom. The molecule has 0 aliphatic carbocycles. The quantitative estimate of drug-likeness (QED) is 0.705. The Bertz CT molecular complexity index is 120. The fraction of sp³-hybridized carbons (Fsp3) is 1.00. The van der Waals surface area contributed by atoms with Crippen LogP contribution in [0.3, 0.4) is 0 Å². The summed E-state index contributed by atoms with van der Waals surface area (Å²) in [6, 6.07) is 0. The van der Waals surface area contributed by atoms with E-state index in [0.29, 0.717) is 0 Å². The van der Waals surface area contributed by atoms with Crippen molar-refractivity contribution in [2.24, 2.45) is 11.8 Å². The average Bonchev–Trinajstić information content (AvgIpc) is 1.83. The Balaban J connectivity index is 4.04. The van der Waals surface area contributed by atoms with E-state index in [2.05, 4.69) is 5.32 Å². The van der Waals surface area contributed by atoms with Crippen molar-refractivity contribution >= 4 is 0 Å². The highest BCUT2D eigenvalue weighted by atomic mass is 19.4. The number of nitrogens with one attached hydrogen (secondary N) is 1. The second kappa shape index (κ2) is 4.70. The molecule has 0 rings (SSSR count). The summed E-state index contributed by atoms with van der Waals surface area (Å²) in [6.45, 7) is 3.62.